The lowest BCUT2D eigenvalue weighted by Crippen LogP contribution is -2.39. The Morgan fingerprint density at radius 2 is 2.08 bits per heavy atom. The van der Waals surface area contributed by atoms with Crippen LogP contribution in [0.3, 0.4) is 0 Å². The SMILES string of the molecule is C=CC[C@@H](NC(=O)O)C(=O)N=C(CC(=C)Br)c1ccc(OC)cc1OC. The van der Waals surface area contributed by atoms with E-state index in [0.717, 1.165) is 0 Å². The Morgan fingerprint density at radius 3 is 2.58 bits per heavy atom. The number of carboxylic acid groups (broad SMARTS) is 1. The molecule has 1 rings (SSSR count). The normalized spacial score (nSPS) is 12.0. The topological polar surface area (TPSA) is 97.2 Å². The largest absolute Gasteiger partial charge is 0.497 e. The van der Waals surface area contributed by atoms with Gasteiger partial charge in [0.15, 0.2) is 0 Å². The Morgan fingerprint density at radius 1 is 1.38 bits per heavy atom. The van der Waals surface area contributed by atoms with Gasteiger partial charge < -0.3 is 19.9 Å². The molecule has 0 aromatic heterocycles. The van der Waals surface area contributed by atoms with Crippen molar-refractivity contribution in [3.63, 3.8) is 0 Å². The van der Waals surface area contributed by atoms with Gasteiger partial charge in [-0.25, -0.2) is 9.79 Å². The van der Waals surface area contributed by atoms with E-state index in [1.54, 1.807) is 18.2 Å². The van der Waals surface area contributed by atoms with Crippen LogP contribution in [-0.4, -0.2) is 43.1 Å². The van der Waals surface area contributed by atoms with Crippen LogP contribution in [0.2, 0.25) is 0 Å². The molecule has 1 aromatic carbocycles. The molecular weight excluding hydrogens is 404 g/mol. The molecule has 2 amide bonds. The molecule has 0 aliphatic rings. The number of carbonyl (C=O) groups excluding carboxylic acids is 1. The van der Waals surface area contributed by atoms with Gasteiger partial charge in [-0.3, -0.25) is 4.79 Å². The Balaban J connectivity index is 3.33. The number of hydrogen-bond donors (Lipinski definition) is 2. The fraction of sp³-hybridized carbons (Fsp3) is 0.278. The van der Waals surface area contributed by atoms with Gasteiger partial charge in [-0.1, -0.05) is 28.6 Å². The first-order valence-electron chi connectivity index (χ1n) is 7.59. The molecule has 0 saturated carbocycles. The Hall–Kier alpha value is -2.61. The van der Waals surface area contributed by atoms with Crippen molar-refractivity contribution in [2.24, 2.45) is 4.99 Å². The summed E-state index contributed by atoms with van der Waals surface area (Å²) in [4.78, 5) is 27.5. The number of ether oxygens (including phenoxy) is 2. The predicted molar refractivity (Wildman–Crippen MR) is 104 cm³/mol. The average molecular weight is 425 g/mol. The molecule has 0 spiro atoms. The molecule has 8 heteroatoms. The van der Waals surface area contributed by atoms with E-state index in [1.165, 1.54) is 20.3 Å². The zero-order valence-corrected chi connectivity index (χ0v) is 16.2. The molecule has 0 aliphatic heterocycles. The van der Waals surface area contributed by atoms with Crippen molar-refractivity contribution in [2.75, 3.05) is 14.2 Å². The van der Waals surface area contributed by atoms with Gasteiger partial charge in [0.1, 0.15) is 17.5 Å². The summed E-state index contributed by atoms with van der Waals surface area (Å²) in [5.74, 6) is 0.427. The van der Waals surface area contributed by atoms with Gasteiger partial charge in [0.25, 0.3) is 5.91 Å². The molecule has 0 radical (unpaired) electrons. The Kier molecular flexibility index (Phi) is 8.57. The Bertz CT molecular complexity index is 730. The van der Waals surface area contributed by atoms with E-state index in [0.29, 0.717) is 27.3 Å². The number of nitrogens with one attached hydrogen (secondary N) is 1. The third kappa shape index (κ3) is 6.36. The van der Waals surface area contributed by atoms with E-state index >= 15 is 0 Å². The quantitative estimate of drug-likeness (QED) is 0.466. The summed E-state index contributed by atoms with van der Waals surface area (Å²) < 4.78 is 11.1. The third-order valence-corrected chi connectivity index (χ3v) is 3.60. The van der Waals surface area contributed by atoms with Crippen molar-refractivity contribution < 1.29 is 24.2 Å². The highest BCUT2D eigenvalue weighted by Gasteiger charge is 2.21. The standard InChI is InChI=1S/C18H21BrN2O5/c1-5-6-14(21-18(23)24)17(22)20-15(9-11(2)19)13-8-7-12(25-3)10-16(13)26-4/h5,7-8,10,14,21H,1-2,6,9H2,3-4H3,(H,23,24)/t14-/m1/s1. The van der Waals surface area contributed by atoms with Gasteiger partial charge >= 0.3 is 6.09 Å². The maximum Gasteiger partial charge on any atom is 0.405 e. The number of nitrogens with zero attached hydrogens (tertiary/aromatic N) is 1. The second-order valence-corrected chi connectivity index (χ2v) is 6.30. The van der Waals surface area contributed by atoms with Crippen molar-refractivity contribution in [3.8, 4) is 11.5 Å². The van der Waals surface area contributed by atoms with Gasteiger partial charge in [-0.15, -0.1) is 6.58 Å². The maximum absolute atomic E-state index is 12.5. The van der Waals surface area contributed by atoms with Crippen LogP contribution in [0, 0.1) is 0 Å². The molecule has 140 valence electrons. The van der Waals surface area contributed by atoms with Crippen molar-refractivity contribution in [1.82, 2.24) is 5.32 Å². The van der Waals surface area contributed by atoms with Crippen molar-refractivity contribution in [2.45, 2.75) is 18.9 Å². The molecule has 1 atom stereocenters. The molecule has 2 N–H and O–H groups in total. The summed E-state index contributed by atoms with van der Waals surface area (Å²) >= 11 is 3.27. The highest BCUT2D eigenvalue weighted by molar-refractivity contribution is 9.11. The highest BCUT2D eigenvalue weighted by atomic mass is 79.9. The minimum Gasteiger partial charge on any atom is -0.497 e. The van der Waals surface area contributed by atoms with Gasteiger partial charge in [-0.2, -0.15) is 0 Å². The van der Waals surface area contributed by atoms with Crippen LogP contribution in [0.5, 0.6) is 11.5 Å². The van der Waals surface area contributed by atoms with E-state index < -0.39 is 18.0 Å². The molecule has 26 heavy (non-hydrogen) atoms. The van der Waals surface area contributed by atoms with E-state index in [4.69, 9.17) is 14.6 Å². The van der Waals surface area contributed by atoms with E-state index in [1.807, 2.05) is 0 Å². The molecule has 1 aromatic rings. The molecule has 0 unspecified atom stereocenters. The number of aliphatic imine (C=N–C) groups is 1. The molecular formula is C18H21BrN2O5. The number of halogens is 1. The van der Waals surface area contributed by atoms with Crippen LogP contribution >= 0.6 is 15.9 Å². The molecule has 0 fully saturated rings. The van der Waals surface area contributed by atoms with Crippen molar-refractivity contribution in [3.05, 3.63) is 47.5 Å². The van der Waals surface area contributed by atoms with Gasteiger partial charge in [0.2, 0.25) is 0 Å². The molecule has 0 heterocycles. The number of rotatable bonds is 9. The minimum atomic E-state index is -1.31. The predicted octanol–water partition coefficient (Wildman–Crippen LogP) is 3.53. The zero-order valence-electron chi connectivity index (χ0n) is 14.6. The summed E-state index contributed by atoms with van der Waals surface area (Å²) in [6.07, 6.45) is 0.512. The van der Waals surface area contributed by atoms with Crippen molar-refractivity contribution in [1.29, 1.82) is 0 Å². The second kappa shape index (κ2) is 10.4. The number of hydrogen-bond acceptors (Lipinski definition) is 4. The van der Waals surface area contributed by atoms with Gasteiger partial charge in [-0.05, 0) is 23.0 Å². The molecule has 0 aliphatic carbocycles. The van der Waals surface area contributed by atoms with Gasteiger partial charge in [0.05, 0.1) is 19.9 Å². The first-order chi connectivity index (χ1) is 12.3. The number of carbonyl (C=O) groups is 2. The summed E-state index contributed by atoms with van der Waals surface area (Å²) in [6, 6.07) is 4.08. The van der Waals surface area contributed by atoms with Crippen LogP contribution in [0.1, 0.15) is 18.4 Å². The first-order valence-corrected chi connectivity index (χ1v) is 8.39. The van der Waals surface area contributed by atoms with Crippen LogP contribution in [0.4, 0.5) is 4.79 Å². The lowest BCUT2D eigenvalue weighted by Gasteiger charge is -2.15. The van der Waals surface area contributed by atoms with Crippen LogP contribution < -0.4 is 14.8 Å². The van der Waals surface area contributed by atoms with Crippen LogP contribution in [0.15, 0.2) is 46.9 Å². The number of methoxy groups -OCH3 is 2. The van der Waals surface area contributed by atoms with Crippen LogP contribution in [0.25, 0.3) is 0 Å². The molecule has 7 nitrogen and oxygen atoms in total. The third-order valence-electron chi connectivity index (χ3n) is 3.32. The highest BCUT2D eigenvalue weighted by Crippen LogP contribution is 2.27. The second-order valence-electron chi connectivity index (χ2n) is 5.18. The fourth-order valence-corrected chi connectivity index (χ4v) is 2.43. The average Bonchev–Trinajstić information content (AvgIpc) is 2.59. The number of amides is 2. The molecule has 0 saturated heterocycles. The summed E-state index contributed by atoms with van der Waals surface area (Å²) in [6.45, 7) is 7.31. The maximum atomic E-state index is 12.5. The lowest BCUT2D eigenvalue weighted by atomic mass is 10.0. The summed E-state index contributed by atoms with van der Waals surface area (Å²) in [5.41, 5.74) is 0.965. The van der Waals surface area contributed by atoms with Crippen LogP contribution in [-0.2, 0) is 4.79 Å². The summed E-state index contributed by atoms with van der Waals surface area (Å²) in [5, 5.41) is 11.0. The fourth-order valence-electron chi connectivity index (χ4n) is 2.16. The zero-order chi connectivity index (χ0) is 19.7. The van der Waals surface area contributed by atoms with Gasteiger partial charge in [0, 0.05) is 18.1 Å². The van der Waals surface area contributed by atoms with E-state index in [9.17, 15) is 9.59 Å². The monoisotopic (exact) mass is 424 g/mol. The van der Waals surface area contributed by atoms with E-state index in [2.05, 4.69) is 39.4 Å². The summed E-state index contributed by atoms with van der Waals surface area (Å²) in [7, 11) is 3.03. The molecule has 0 bridgehead atoms. The first kappa shape index (κ1) is 21.4. The van der Waals surface area contributed by atoms with E-state index in [-0.39, 0.29) is 12.8 Å². The lowest BCUT2D eigenvalue weighted by molar-refractivity contribution is -0.119. The smallest absolute Gasteiger partial charge is 0.405 e. The number of benzene rings is 1. The van der Waals surface area contributed by atoms with Crippen molar-refractivity contribution >= 4 is 33.6 Å². The number of allylic oxidation sites excluding steroid dienone is 1. The Labute approximate surface area is 160 Å². The minimum absolute atomic E-state index is 0.122.